The number of aromatic nitrogens is 1. The number of ether oxygens (including phenoxy) is 2. The maximum absolute atomic E-state index is 12.6. The van der Waals surface area contributed by atoms with Crippen LogP contribution in [0.5, 0.6) is 5.75 Å². The molecule has 0 spiro atoms. The average molecular weight is 485 g/mol. The van der Waals surface area contributed by atoms with Gasteiger partial charge in [-0.25, -0.2) is 4.98 Å². The molecule has 0 unspecified atom stereocenters. The van der Waals surface area contributed by atoms with Crippen molar-refractivity contribution in [2.24, 2.45) is 5.92 Å². The normalized spacial score (nSPS) is 14.2. The number of rotatable bonds is 7. The minimum absolute atomic E-state index is 0.0391. The summed E-state index contributed by atoms with van der Waals surface area (Å²) in [5.41, 5.74) is 2.33. The van der Waals surface area contributed by atoms with Crippen LogP contribution in [0.25, 0.3) is 10.6 Å². The number of esters is 1. The number of carbonyl (C=O) groups excluding carboxylic acids is 2. The number of thiazole rings is 1. The van der Waals surface area contributed by atoms with Crippen molar-refractivity contribution < 1.29 is 19.1 Å². The van der Waals surface area contributed by atoms with Crippen molar-refractivity contribution in [3.8, 4) is 16.3 Å². The highest BCUT2D eigenvalue weighted by atomic mass is 35.5. The zero-order valence-electron chi connectivity index (χ0n) is 18.3. The molecule has 0 aliphatic carbocycles. The number of halogens is 1. The lowest BCUT2D eigenvalue weighted by molar-refractivity contribution is -0.151. The molecule has 1 amide bonds. The molecule has 33 heavy (non-hydrogen) atoms. The van der Waals surface area contributed by atoms with Gasteiger partial charge in [0.15, 0.2) is 0 Å². The number of benzene rings is 2. The number of amides is 1. The molecule has 0 radical (unpaired) electrons. The standard InChI is InChI=1S/C25H25ClN2O4S/c1-2-31-22-9-5-17(6-10-22)23-27-21(16-33-23)15-32-25(30)19-11-13-28(14-12-19)24(29)18-3-7-20(26)8-4-18/h3-10,16,19H,2,11-15H2,1H3. The molecule has 2 aromatic carbocycles. The predicted molar refractivity (Wildman–Crippen MR) is 129 cm³/mol. The number of hydrogen-bond acceptors (Lipinski definition) is 6. The van der Waals surface area contributed by atoms with E-state index in [0.717, 1.165) is 22.0 Å². The molecule has 1 fully saturated rings. The van der Waals surface area contributed by atoms with Gasteiger partial charge < -0.3 is 14.4 Å². The minimum atomic E-state index is -0.232. The van der Waals surface area contributed by atoms with Gasteiger partial charge in [-0.15, -0.1) is 11.3 Å². The molecule has 3 aromatic rings. The second-order valence-electron chi connectivity index (χ2n) is 7.78. The van der Waals surface area contributed by atoms with Crippen LogP contribution in [0.1, 0.15) is 35.8 Å². The van der Waals surface area contributed by atoms with Gasteiger partial charge in [0, 0.05) is 34.6 Å². The minimum Gasteiger partial charge on any atom is -0.494 e. The SMILES string of the molecule is CCOc1ccc(-c2nc(COC(=O)C3CCN(C(=O)c4ccc(Cl)cc4)CC3)cs2)cc1. The van der Waals surface area contributed by atoms with Crippen LogP contribution in [0.3, 0.4) is 0 Å². The molecule has 1 aromatic heterocycles. The molecule has 1 aliphatic rings. The van der Waals surface area contributed by atoms with Gasteiger partial charge in [-0.2, -0.15) is 0 Å². The lowest BCUT2D eigenvalue weighted by Crippen LogP contribution is -2.40. The van der Waals surface area contributed by atoms with E-state index in [-0.39, 0.29) is 24.4 Å². The summed E-state index contributed by atoms with van der Waals surface area (Å²) in [6, 6.07) is 14.6. The van der Waals surface area contributed by atoms with Crippen LogP contribution in [-0.2, 0) is 16.1 Å². The Bertz CT molecular complexity index is 1090. The van der Waals surface area contributed by atoms with Gasteiger partial charge in [0.05, 0.1) is 18.2 Å². The summed E-state index contributed by atoms with van der Waals surface area (Å²) in [5, 5.41) is 3.38. The Morgan fingerprint density at radius 3 is 2.45 bits per heavy atom. The summed E-state index contributed by atoms with van der Waals surface area (Å²) in [6.07, 6.45) is 1.18. The molecule has 6 nitrogen and oxygen atoms in total. The van der Waals surface area contributed by atoms with Crippen LogP contribution in [0.4, 0.5) is 0 Å². The highest BCUT2D eigenvalue weighted by molar-refractivity contribution is 7.13. The first kappa shape index (κ1) is 23.3. The monoisotopic (exact) mass is 484 g/mol. The summed E-state index contributed by atoms with van der Waals surface area (Å²) < 4.78 is 11.0. The summed E-state index contributed by atoms with van der Waals surface area (Å²) in [4.78, 5) is 31.5. The molecule has 1 saturated heterocycles. The molecular formula is C25H25ClN2O4S. The predicted octanol–water partition coefficient (Wildman–Crippen LogP) is 5.46. The van der Waals surface area contributed by atoms with Crippen LogP contribution in [0, 0.1) is 5.92 Å². The van der Waals surface area contributed by atoms with E-state index in [1.165, 1.54) is 11.3 Å². The van der Waals surface area contributed by atoms with E-state index in [1.807, 2.05) is 36.6 Å². The van der Waals surface area contributed by atoms with Crippen molar-refractivity contribution >= 4 is 34.8 Å². The van der Waals surface area contributed by atoms with Crippen molar-refractivity contribution in [3.05, 3.63) is 70.2 Å². The van der Waals surface area contributed by atoms with Crippen molar-refractivity contribution in [2.75, 3.05) is 19.7 Å². The van der Waals surface area contributed by atoms with E-state index in [2.05, 4.69) is 4.98 Å². The van der Waals surface area contributed by atoms with Gasteiger partial charge in [0.1, 0.15) is 17.4 Å². The molecule has 0 saturated carbocycles. The van der Waals surface area contributed by atoms with E-state index in [0.29, 0.717) is 43.1 Å². The Kier molecular flexibility index (Phi) is 7.62. The molecule has 0 atom stereocenters. The smallest absolute Gasteiger partial charge is 0.309 e. The number of carbonyl (C=O) groups is 2. The van der Waals surface area contributed by atoms with Crippen LogP contribution < -0.4 is 4.74 Å². The van der Waals surface area contributed by atoms with Crippen LogP contribution >= 0.6 is 22.9 Å². The molecule has 172 valence electrons. The zero-order valence-corrected chi connectivity index (χ0v) is 19.9. The first-order valence-corrected chi connectivity index (χ1v) is 12.2. The largest absolute Gasteiger partial charge is 0.494 e. The fourth-order valence-corrected chi connectivity index (χ4v) is 4.66. The first-order valence-electron chi connectivity index (χ1n) is 10.9. The quantitative estimate of drug-likeness (QED) is 0.416. The molecule has 0 N–H and O–H groups in total. The van der Waals surface area contributed by atoms with E-state index in [9.17, 15) is 9.59 Å². The molecule has 1 aliphatic heterocycles. The molecular weight excluding hydrogens is 460 g/mol. The Morgan fingerprint density at radius 2 is 1.79 bits per heavy atom. The van der Waals surface area contributed by atoms with Crippen molar-refractivity contribution in [2.45, 2.75) is 26.4 Å². The molecule has 4 rings (SSSR count). The average Bonchev–Trinajstić information content (AvgIpc) is 3.32. The topological polar surface area (TPSA) is 68.7 Å². The van der Waals surface area contributed by atoms with Gasteiger partial charge in [-0.1, -0.05) is 11.6 Å². The number of likely N-dealkylation sites (tertiary alicyclic amines) is 1. The maximum atomic E-state index is 12.6. The van der Waals surface area contributed by atoms with E-state index < -0.39 is 0 Å². The van der Waals surface area contributed by atoms with Crippen LogP contribution in [-0.4, -0.2) is 41.5 Å². The lowest BCUT2D eigenvalue weighted by atomic mass is 9.96. The third-order valence-electron chi connectivity index (χ3n) is 5.53. The highest BCUT2D eigenvalue weighted by Crippen LogP contribution is 2.27. The van der Waals surface area contributed by atoms with Crippen molar-refractivity contribution in [1.82, 2.24) is 9.88 Å². The number of nitrogens with zero attached hydrogens (tertiary/aromatic N) is 2. The third kappa shape index (κ3) is 5.92. The van der Waals surface area contributed by atoms with Gasteiger partial charge in [-0.05, 0) is 68.3 Å². The maximum Gasteiger partial charge on any atom is 0.309 e. The second kappa shape index (κ2) is 10.8. The summed E-state index contributed by atoms with van der Waals surface area (Å²) >= 11 is 7.41. The summed E-state index contributed by atoms with van der Waals surface area (Å²) in [6.45, 7) is 3.78. The molecule has 0 bridgehead atoms. The Hall–Kier alpha value is -2.90. The highest BCUT2D eigenvalue weighted by Gasteiger charge is 2.29. The molecule has 8 heteroatoms. The fraction of sp³-hybridized carbons (Fsp3) is 0.320. The number of hydrogen-bond donors (Lipinski definition) is 0. The van der Waals surface area contributed by atoms with Gasteiger partial charge in [0.2, 0.25) is 0 Å². The summed E-state index contributed by atoms with van der Waals surface area (Å²) in [5.74, 6) is 0.350. The summed E-state index contributed by atoms with van der Waals surface area (Å²) in [7, 11) is 0. The van der Waals surface area contributed by atoms with Gasteiger partial charge in [0.25, 0.3) is 5.91 Å². The van der Waals surface area contributed by atoms with E-state index >= 15 is 0 Å². The van der Waals surface area contributed by atoms with Gasteiger partial charge in [-0.3, -0.25) is 9.59 Å². The Morgan fingerprint density at radius 1 is 1.09 bits per heavy atom. The van der Waals surface area contributed by atoms with E-state index in [1.54, 1.807) is 29.2 Å². The zero-order chi connectivity index (χ0) is 23.2. The number of piperidine rings is 1. The first-order chi connectivity index (χ1) is 16.0. The van der Waals surface area contributed by atoms with E-state index in [4.69, 9.17) is 21.1 Å². The second-order valence-corrected chi connectivity index (χ2v) is 9.08. The van der Waals surface area contributed by atoms with Crippen molar-refractivity contribution in [3.63, 3.8) is 0 Å². The Labute approximate surface area is 202 Å². The van der Waals surface area contributed by atoms with Crippen molar-refractivity contribution in [1.29, 1.82) is 0 Å². The van der Waals surface area contributed by atoms with Gasteiger partial charge >= 0.3 is 5.97 Å². The molecule has 2 heterocycles. The van der Waals surface area contributed by atoms with Crippen LogP contribution in [0.15, 0.2) is 53.9 Å². The Balaban J connectivity index is 1.25. The van der Waals surface area contributed by atoms with Crippen LogP contribution in [0.2, 0.25) is 5.02 Å². The fourth-order valence-electron chi connectivity index (χ4n) is 3.72. The third-order valence-corrected chi connectivity index (χ3v) is 6.73. The lowest BCUT2D eigenvalue weighted by Gasteiger charge is -2.31.